The minimum absolute atomic E-state index is 0.0916. The summed E-state index contributed by atoms with van der Waals surface area (Å²) < 4.78 is 6.58. The summed E-state index contributed by atoms with van der Waals surface area (Å²) in [6.45, 7) is 17.7. The molecule has 177 valence electrons. The number of rotatable bonds is 12. The van der Waals surface area contributed by atoms with Crippen LogP contribution in [0.25, 0.3) is 0 Å². The van der Waals surface area contributed by atoms with Crippen molar-refractivity contribution in [2.24, 2.45) is 17.8 Å². The Morgan fingerprint density at radius 2 is 1.35 bits per heavy atom. The molecule has 0 N–H and O–H groups in total. The first-order valence-electron chi connectivity index (χ1n) is 13.0. The van der Waals surface area contributed by atoms with Gasteiger partial charge in [0.15, 0.2) is 5.75 Å². The average molecular weight is 430 g/mol. The van der Waals surface area contributed by atoms with E-state index in [0.717, 1.165) is 65.0 Å². The summed E-state index contributed by atoms with van der Waals surface area (Å²) in [5, 5.41) is 12.4. The van der Waals surface area contributed by atoms with Crippen LogP contribution in [-0.2, 0) is 11.5 Å². The van der Waals surface area contributed by atoms with Gasteiger partial charge in [-0.25, -0.2) is 0 Å². The molecule has 31 heavy (non-hydrogen) atoms. The van der Waals surface area contributed by atoms with Gasteiger partial charge < -0.3 is 4.74 Å². The molecule has 1 aliphatic rings. The summed E-state index contributed by atoms with van der Waals surface area (Å²) in [7, 11) is 0. The first-order chi connectivity index (χ1) is 14.5. The number of benzene rings is 1. The molecule has 2 heteroatoms. The predicted octanol–water partition coefficient (Wildman–Crippen LogP) is 9.28. The lowest BCUT2D eigenvalue weighted by Crippen LogP contribution is -2.37. The first-order valence-corrected chi connectivity index (χ1v) is 13.0. The summed E-state index contributed by atoms with van der Waals surface area (Å²) in [4.78, 5) is 0. The monoisotopic (exact) mass is 429 g/mol. The maximum atomic E-state index is 12.4. The zero-order valence-electron chi connectivity index (χ0n) is 21.8. The van der Waals surface area contributed by atoms with Gasteiger partial charge in [-0.3, -0.25) is 5.11 Å². The van der Waals surface area contributed by atoms with E-state index in [0.29, 0.717) is 0 Å². The molecular formula is C29H49O2. The van der Waals surface area contributed by atoms with Gasteiger partial charge in [0.05, 0.1) is 0 Å². The molecule has 0 bridgehead atoms. The maximum absolute atomic E-state index is 12.4. The number of hydrogen-bond donors (Lipinski definition) is 0. The third-order valence-electron chi connectivity index (χ3n) is 7.84. The third kappa shape index (κ3) is 7.43. The van der Waals surface area contributed by atoms with Crippen molar-refractivity contribution in [3.8, 4) is 11.5 Å². The quantitative estimate of drug-likeness (QED) is 0.325. The fourth-order valence-corrected chi connectivity index (χ4v) is 5.26. The minimum Gasteiger partial charge on any atom is -0.487 e. The molecule has 0 saturated heterocycles. The van der Waals surface area contributed by atoms with Gasteiger partial charge >= 0.3 is 0 Å². The largest absolute Gasteiger partial charge is 0.487 e. The average Bonchev–Trinajstić information content (AvgIpc) is 2.70. The van der Waals surface area contributed by atoms with Crippen molar-refractivity contribution >= 4 is 0 Å². The fourth-order valence-electron chi connectivity index (χ4n) is 5.26. The topological polar surface area (TPSA) is 29.1 Å². The Morgan fingerprint density at radius 1 is 0.806 bits per heavy atom. The molecule has 1 aromatic carbocycles. The SMILES string of the molecule is Cc1c(C)c2c(c(C)c1[O])CC[C@@](C)(CCC[C@H](C)CCC[C@H](C)CCCC(C)C)O2. The molecule has 0 aromatic heterocycles. The molecule has 0 unspecified atom stereocenters. The van der Waals surface area contributed by atoms with E-state index in [-0.39, 0.29) is 11.4 Å². The van der Waals surface area contributed by atoms with E-state index in [4.69, 9.17) is 4.74 Å². The maximum Gasteiger partial charge on any atom is 0.185 e. The second kappa shape index (κ2) is 11.6. The van der Waals surface area contributed by atoms with Crippen molar-refractivity contribution in [2.75, 3.05) is 0 Å². The fraction of sp³-hybridized carbons (Fsp3) is 0.793. The summed E-state index contributed by atoms with van der Waals surface area (Å²) in [5.41, 5.74) is 3.86. The van der Waals surface area contributed by atoms with Crippen LogP contribution in [0.15, 0.2) is 0 Å². The van der Waals surface area contributed by atoms with E-state index in [9.17, 15) is 5.11 Å². The number of ether oxygens (including phenoxy) is 1. The van der Waals surface area contributed by atoms with E-state index in [2.05, 4.69) is 34.6 Å². The van der Waals surface area contributed by atoms with E-state index in [1.807, 2.05) is 20.8 Å². The van der Waals surface area contributed by atoms with Crippen LogP contribution >= 0.6 is 0 Å². The van der Waals surface area contributed by atoms with Crippen molar-refractivity contribution in [1.82, 2.24) is 0 Å². The highest BCUT2D eigenvalue weighted by Gasteiger charge is 2.34. The van der Waals surface area contributed by atoms with Gasteiger partial charge in [0.1, 0.15) is 11.4 Å². The highest BCUT2D eigenvalue weighted by Crippen LogP contribution is 2.44. The first kappa shape index (κ1) is 26.1. The molecule has 0 spiro atoms. The van der Waals surface area contributed by atoms with Gasteiger partial charge in [-0.1, -0.05) is 72.6 Å². The highest BCUT2D eigenvalue weighted by molar-refractivity contribution is 5.58. The van der Waals surface area contributed by atoms with Crippen molar-refractivity contribution in [2.45, 2.75) is 132 Å². The summed E-state index contributed by atoms with van der Waals surface area (Å²) in [5.74, 6) is 3.73. The zero-order chi connectivity index (χ0) is 23.2. The van der Waals surface area contributed by atoms with Crippen LogP contribution in [0, 0.1) is 38.5 Å². The van der Waals surface area contributed by atoms with Crippen molar-refractivity contribution in [1.29, 1.82) is 0 Å². The van der Waals surface area contributed by atoms with Crippen molar-refractivity contribution in [3.63, 3.8) is 0 Å². The van der Waals surface area contributed by atoms with Crippen LogP contribution in [0.4, 0.5) is 0 Å². The second-order valence-corrected chi connectivity index (χ2v) is 11.4. The van der Waals surface area contributed by atoms with E-state index in [1.54, 1.807) is 0 Å². The van der Waals surface area contributed by atoms with Gasteiger partial charge in [-0.2, -0.15) is 0 Å². The molecule has 0 saturated carbocycles. The Labute approximate surface area is 193 Å². The van der Waals surface area contributed by atoms with Crippen LogP contribution in [0.2, 0.25) is 0 Å². The Kier molecular flexibility index (Phi) is 9.77. The molecule has 2 rings (SSSR count). The van der Waals surface area contributed by atoms with Crippen LogP contribution < -0.4 is 4.74 Å². The predicted molar refractivity (Wildman–Crippen MR) is 133 cm³/mol. The van der Waals surface area contributed by atoms with Gasteiger partial charge in [-0.15, -0.1) is 0 Å². The molecule has 1 radical (unpaired) electrons. The Hall–Kier alpha value is -1.18. The molecule has 0 amide bonds. The molecule has 0 aliphatic carbocycles. The van der Waals surface area contributed by atoms with E-state index < -0.39 is 0 Å². The van der Waals surface area contributed by atoms with Gasteiger partial charge in [0, 0.05) is 16.7 Å². The lowest BCUT2D eigenvalue weighted by atomic mass is 9.84. The number of fused-ring (bicyclic) bond motifs is 1. The van der Waals surface area contributed by atoms with E-state index >= 15 is 0 Å². The van der Waals surface area contributed by atoms with Gasteiger partial charge in [-0.05, 0) is 76.7 Å². The highest BCUT2D eigenvalue weighted by atomic mass is 16.5. The molecule has 3 atom stereocenters. The van der Waals surface area contributed by atoms with Crippen LogP contribution in [0.5, 0.6) is 11.5 Å². The van der Waals surface area contributed by atoms with E-state index in [1.165, 1.54) is 51.4 Å². The Bertz CT molecular complexity index is 705. The van der Waals surface area contributed by atoms with Crippen LogP contribution in [0.1, 0.15) is 121 Å². The summed E-state index contributed by atoms with van der Waals surface area (Å²) in [6, 6.07) is 0. The summed E-state index contributed by atoms with van der Waals surface area (Å²) >= 11 is 0. The zero-order valence-corrected chi connectivity index (χ0v) is 21.8. The minimum atomic E-state index is -0.0916. The van der Waals surface area contributed by atoms with Gasteiger partial charge in [0.2, 0.25) is 0 Å². The molecule has 1 aliphatic heterocycles. The van der Waals surface area contributed by atoms with Crippen LogP contribution in [-0.4, -0.2) is 5.60 Å². The third-order valence-corrected chi connectivity index (χ3v) is 7.84. The Balaban J connectivity index is 1.74. The smallest absolute Gasteiger partial charge is 0.185 e. The molecule has 1 heterocycles. The van der Waals surface area contributed by atoms with Gasteiger partial charge in [0.25, 0.3) is 0 Å². The summed E-state index contributed by atoms with van der Waals surface area (Å²) in [6.07, 6.45) is 13.9. The molecular weight excluding hydrogens is 380 g/mol. The standard InChI is InChI=1S/C29H49O2/c1-20(2)12-9-13-21(3)14-10-15-22(4)16-11-18-29(8)19-17-26-25(7)27(30)23(5)24(6)28(26)31-29/h20-22H,9-19H2,1-8H3/t21-,22-,29-/m1/s1. The lowest BCUT2D eigenvalue weighted by Gasteiger charge is -2.38. The normalized spacial score (nSPS) is 20.4. The molecule has 1 aromatic rings. The van der Waals surface area contributed by atoms with Crippen molar-refractivity contribution < 1.29 is 9.84 Å². The lowest BCUT2D eigenvalue weighted by molar-refractivity contribution is 0.0511. The van der Waals surface area contributed by atoms with Crippen molar-refractivity contribution in [3.05, 3.63) is 22.3 Å². The number of hydrogen-bond acceptors (Lipinski definition) is 1. The second-order valence-electron chi connectivity index (χ2n) is 11.4. The van der Waals surface area contributed by atoms with Crippen LogP contribution in [0.3, 0.4) is 0 Å². The molecule has 0 fully saturated rings. The Morgan fingerprint density at radius 3 is 1.94 bits per heavy atom. The molecule has 2 nitrogen and oxygen atoms in total.